The van der Waals surface area contributed by atoms with Crippen LogP contribution in [0, 0.1) is 21.7 Å². The maximum Gasteiger partial charge on any atom is 0.307 e. The number of amides is 1. The molecule has 0 saturated carbocycles. The number of methoxy groups -OCH3 is 1. The van der Waals surface area contributed by atoms with Gasteiger partial charge in [0.15, 0.2) is 0 Å². The molecule has 0 fully saturated rings. The molecular weight excluding hydrogens is 274 g/mol. The molecule has 0 unspecified atom stereocenters. The van der Waals surface area contributed by atoms with Crippen LogP contribution in [0.2, 0.25) is 0 Å². The first kappa shape index (κ1) is 16.0. The Kier molecular flexibility index (Phi) is 5.51. The zero-order valence-electron chi connectivity index (χ0n) is 11.1. The summed E-state index contributed by atoms with van der Waals surface area (Å²) >= 11 is 0. The average Bonchev–Trinajstić information content (AvgIpc) is 2.41. The quantitative estimate of drug-likeness (QED) is 0.592. The number of hydrogen-bond acceptors (Lipinski definition) is 4. The molecule has 0 aliphatic rings. The lowest BCUT2D eigenvalue weighted by Gasteiger charge is -2.20. The lowest BCUT2D eigenvalue weighted by molar-refractivity contribution is -0.387. The summed E-state index contributed by atoms with van der Waals surface area (Å²) in [6.45, 7) is 2.41. The van der Waals surface area contributed by atoms with Crippen LogP contribution in [-0.4, -0.2) is 42.5 Å². The first-order chi connectivity index (χ1) is 9.42. The topological polar surface area (TPSA) is 72.7 Å². The fraction of sp³-hybridized carbons (Fsp3) is 0.417. The van der Waals surface area contributed by atoms with E-state index in [1.807, 2.05) is 0 Å². The summed E-state index contributed by atoms with van der Waals surface area (Å²) in [6.07, 6.45) is 0. The van der Waals surface area contributed by atoms with E-state index < -0.39 is 33.7 Å². The van der Waals surface area contributed by atoms with Crippen LogP contribution in [0.4, 0.5) is 14.5 Å². The molecular formula is C12H14F2N2O4. The number of benzene rings is 1. The summed E-state index contributed by atoms with van der Waals surface area (Å²) in [5.74, 6) is -3.11. The second kappa shape index (κ2) is 6.90. The molecule has 0 N–H and O–H groups in total. The van der Waals surface area contributed by atoms with Crippen molar-refractivity contribution in [2.24, 2.45) is 0 Å². The van der Waals surface area contributed by atoms with E-state index >= 15 is 0 Å². The maximum absolute atomic E-state index is 13.7. The molecule has 0 bridgehead atoms. The van der Waals surface area contributed by atoms with Gasteiger partial charge in [-0.1, -0.05) is 0 Å². The third-order valence-electron chi connectivity index (χ3n) is 2.70. The normalized spacial score (nSPS) is 10.4. The van der Waals surface area contributed by atoms with Crippen molar-refractivity contribution in [3.63, 3.8) is 0 Å². The van der Waals surface area contributed by atoms with Crippen molar-refractivity contribution in [1.29, 1.82) is 0 Å². The van der Waals surface area contributed by atoms with Crippen molar-refractivity contribution in [1.82, 2.24) is 4.90 Å². The molecule has 1 amide bonds. The lowest BCUT2D eigenvalue weighted by Crippen LogP contribution is -2.34. The molecule has 0 atom stereocenters. The molecule has 0 aromatic heterocycles. The molecule has 0 saturated heterocycles. The number of ether oxygens (including phenoxy) is 1. The number of hydrogen-bond donors (Lipinski definition) is 0. The van der Waals surface area contributed by atoms with E-state index in [-0.39, 0.29) is 19.7 Å². The number of rotatable bonds is 6. The minimum absolute atomic E-state index is 0.212. The lowest BCUT2D eigenvalue weighted by atomic mass is 10.1. The molecule has 6 nitrogen and oxygen atoms in total. The average molecular weight is 288 g/mol. The highest BCUT2D eigenvalue weighted by Crippen LogP contribution is 2.22. The fourth-order valence-electron chi connectivity index (χ4n) is 1.62. The predicted molar refractivity (Wildman–Crippen MR) is 66.5 cm³/mol. The fourth-order valence-corrected chi connectivity index (χ4v) is 1.62. The van der Waals surface area contributed by atoms with E-state index in [0.29, 0.717) is 12.1 Å². The van der Waals surface area contributed by atoms with Crippen LogP contribution in [0.3, 0.4) is 0 Å². The summed E-state index contributed by atoms with van der Waals surface area (Å²) in [4.78, 5) is 22.7. The maximum atomic E-state index is 13.7. The van der Waals surface area contributed by atoms with Crippen molar-refractivity contribution < 1.29 is 23.2 Å². The Morgan fingerprint density at radius 1 is 1.40 bits per heavy atom. The smallest absolute Gasteiger partial charge is 0.307 e. The molecule has 1 aromatic rings. The van der Waals surface area contributed by atoms with Gasteiger partial charge in [-0.05, 0) is 13.0 Å². The van der Waals surface area contributed by atoms with Gasteiger partial charge in [0.1, 0.15) is 5.82 Å². The number of carbonyl (C=O) groups is 1. The van der Waals surface area contributed by atoms with Crippen LogP contribution in [-0.2, 0) is 4.74 Å². The zero-order chi connectivity index (χ0) is 15.3. The van der Waals surface area contributed by atoms with Gasteiger partial charge in [0.25, 0.3) is 5.91 Å². The first-order valence-corrected chi connectivity index (χ1v) is 5.84. The molecule has 0 aliphatic carbocycles. The largest absolute Gasteiger partial charge is 0.383 e. The van der Waals surface area contributed by atoms with Crippen LogP contribution in [0.1, 0.15) is 17.3 Å². The van der Waals surface area contributed by atoms with E-state index in [4.69, 9.17) is 4.74 Å². The van der Waals surface area contributed by atoms with Gasteiger partial charge in [-0.2, -0.15) is 4.39 Å². The summed E-state index contributed by atoms with van der Waals surface area (Å²) < 4.78 is 32.0. The Morgan fingerprint density at radius 3 is 2.55 bits per heavy atom. The van der Waals surface area contributed by atoms with Crippen LogP contribution in [0.25, 0.3) is 0 Å². The monoisotopic (exact) mass is 288 g/mol. The van der Waals surface area contributed by atoms with E-state index in [1.54, 1.807) is 6.92 Å². The van der Waals surface area contributed by atoms with Crippen molar-refractivity contribution in [3.8, 4) is 0 Å². The highest BCUT2D eigenvalue weighted by atomic mass is 19.1. The van der Waals surface area contributed by atoms with Crippen molar-refractivity contribution in [2.75, 3.05) is 26.8 Å². The summed E-state index contributed by atoms with van der Waals surface area (Å²) in [7, 11) is 1.45. The van der Waals surface area contributed by atoms with E-state index in [0.717, 1.165) is 0 Å². The van der Waals surface area contributed by atoms with Crippen LogP contribution >= 0.6 is 0 Å². The van der Waals surface area contributed by atoms with Gasteiger partial charge in [0.05, 0.1) is 23.2 Å². The Labute approximate surface area is 114 Å². The highest BCUT2D eigenvalue weighted by Gasteiger charge is 2.24. The third kappa shape index (κ3) is 3.47. The Hall–Kier alpha value is -2.09. The molecule has 110 valence electrons. The molecule has 0 spiro atoms. The van der Waals surface area contributed by atoms with Gasteiger partial charge in [-0.15, -0.1) is 0 Å². The second-order valence-corrected chi connectivity index (χ2v) is 3.92. The number of likely N-dealkylation sites (N-methyl/N-ethyl adjacent to an activating group) is 1. The standard InChI is InChI=1S/C12H14F2N2O4/c1-3-15(4-5-20-2)12(17)8-6-10(14)11(16(18)19)7-9(8)13/h6-7H,3-5H2,1-2H3. The number of nitrogens with zero attached hydrogens (tertiary/aromatic N) is 2. The van der Waals surface area contributed by atoms with Gasteiger partial charge in [-0.25, -0.2) is 4.39 Å². The number of nitro benzene ring substituents is 1. The van der Waals surface area contributed by atoms with Crippen molar-refractivity contribution >= 4 is 11.6 Å². The summed E-state index contributed by atoms with van der Waals surface area (Å²) in [5, 5.41) is 10.5. The predicted octanol–water partition coefficient (Wildman–Crippen LogP) is 1.98. The van der Waals surface area contributed by atoms with Gasteiger partial charge < -0.3 is 9.64 Å². The van der Waals surface area contributed by atoms with Crippen molar-refractivity contribution in [2.45, 2.75) is 6.92 Å². The molecule has 1 rings (SSSR count). The van der Waals surface area contributed by atoms with E-state index in [9.17, 15) is 23.7 Å². The van der Waals surface area contributed by atoms with Crippen LogP contribution in [0.5, 0.6) is 0 Å². The molecule has 8 heteroatoms. The van der Waals surface area contributed by atoms with Crippen molar-refractivity contribution in [3.05, 3.63) is 39.4 Å². The molecule has 0 aliphatic heterocycles. The molecule has 0 heterocycles. The van der Waals surface area contributed by atoms with Gasteiger partial charge in [0.2, 0.25) is 5.82 Å². The minimum atomic E-state index is -1.25. The SMILES string of the molecule is CCN(CCOC)C(=O)c1cc(F)c([N+](=O)[O-])cc1F. The van der Waals surface area contributed by atoms with E-state index in [2.05, 4.69) is 0 Å². The highest BCUT2D eigenvalue weighted by molar-refractivity contribution is 5.94. The molecule has 1 aromatic carbocycles. The third-order valence-corrected chi connectivity index (χ3v) is 2.70. The minimum Gasteiger partial charge on any atom is -0.383 e. The van der Waals surface area contributed by atoms with Crippen LogP contribution < -0.4 is 0 Å². The van der Waals surface area contributed by atoms with Gasteiger partial charge in [-0.3, -0.25) is 14.9 Å². The Bertz CT molecular complexity index is 522. The van der Waals surface area contributed by atoms with Crippen LogP contribution in [0.15, 0.2) is 12.1 Å². The molecule has 20 heavy (non-hydrogen) atoms. The molecule has 0 radical (unpaired) electrons. The Balaban J connectivity index is 3.09. The second-order valence-electron chi connectivity index (χ2n) is 3.92. The number of nitro groups is 1. The zero-order valence-corrected chi connectivity index (χ0v) is 11.1. The first-order valence-electron chi connectivity index (χ1n) is 5.84. The van der Waals surface area contributed by atoms with Gasteiger partial charge >= 0.3 is 5.69 Å². The van der Waals surface area contributed by atoms with Gasteiger partial charge in [0, 0.05) is 20.2 Å². The summed E-state index contributed by atoms with van der Waals surface area (Å²) in [5.41, 5.74) is -1.54. The number of carbonyl (C=O) groups excluding carboxylic acids is 1. The van der Waals surface area contributed by atoms with E-state index in [1.165, 1.54) is 12.0 Å². The Morgan fingerprint density at radius 2 is 2.05 bits per heavy atom. The number of halogens is 2. The summed E-state index contributed by atoms with van der Waals surface area (Å²) in [6, 6.07) is 0.956.